The largest absolute Gasteiger partial charge is 0.399 e. The summed E-state index contributed by atoms with van der Waals surface area (Å²) in [5.41, 5.74) is 8.65. The molecule has 1 aromatic rings. The van der Waals surface area contributed by atoms with Gasteiger partial charge in [0.25, 0.3) is 5.91 Å². The summed E-state index contributed by atoms with van der Waals surface area (Å²) in [4.78, 5) is 28.0. The molecule has 0 radical (unpaired) electrons. The van der Waals surface area contributed by atoms with Gasteiger partial charge in [0.2, 0.25) is 5.91 Å². The van der Waals surface area contributed by atoms with Gasteiger partial charge in [0.1, 0.15) is 6.04 Å². The molecule has 0 aromatic heterocycles. The lowest BCUT2D eigenvalue weighted by molar-refractivity contribution is -0.135. The number of amides is 2. The molecule has 2 N–H and O–H groups in total. The molecule has 3 rings (SSSR count). The molecule has 1 aromatic carbocycles. The predicted octanol–water partition coefficient (Wildman–Crippen LogP) is 1.36. The van der Waals surface area contributed by atoms with Crippen molar-refractivity contribution in [3.05, 3.63) is 41.6 Å². The number of carbonyl (C=O) groups excluding carboxylic acids is 2. The minimum absolute atomic E-state index is 0.0598. The van der Waals surface area contributed by atoms with E-state index in [9.17, 15) is 9.59 Å². The summed E-state index contributed by atoms with van der Waals surface area (Å²) in [6, 6.07) is 4.94. The second-order valence-electron chi connectivity index (χ2n) is 5.37. The van der Waals surface area contributed by atoms with Gasteiger partial charge in [-0.3, -0.25) is 9.59 Å². The number of carbonyl (C=O) groups is 2. The number of benzene rings is 1. The Balaban J connectivity index is 1.89. The van der Waals surface area contributed by atoms with E-state index >= 15 is 0 Å². The van der Waals surface area contributed by atoms with Gasteiger partial charge in [0.05, 0.1) is 0 Å². The van der Waals surface area contributed by atoms with E-state index in [1.54, 1.807) is 29.0 Å². The zero-order valence-corrected chi connectivity index (χ0v) is 11.4. The minimum Gasteiger partial charge on any atom is -0.399 e. The van der Waals surface area contributed by atoms with E-state index in [2.05, 4.69) is 6.58 Å². The van der Waals surface area contributed by atoms with Gasteiger partial charge in [0, 0.05) is 30.5 Å². The van der Waals surface area contributed by atoms with Crippen LogP contribution in [-0.2, 0) is 11.3 Å². The molecule has 1 fully saturated rings. The molecular formula is C15H17N3O2. The van der Waals surface area contributed by atoms with Crippen molar-refractivity contribution in [3.8, 4) is 0 Å². The topological polar surface area (TPSA) is 66.6 Å². The molecule has 2 aliphatic rings. The Hall–Kier alpha value is -2.30. The fourth-order valence-electron chi connectivity index (χ4n) is 2.86. The number of nitrogens with two attached hydrogens (primary N) is 1. The number of piperidine rings is 1. The fraction of sp³-hybridized carbons (Fsp3) is 0.333. The van der Waals surface area contributed by atoms with E-state index in [4.69, 9.17) is 5.73 Å². The van der Waals surface area contributed by atoms with E-state index in [0.717, 1.165) is 17.7 Å². The van der Waals surface area contributed by atoms with Crippen molar-refractivity contribution >= 4 is 17.5 Å². The van der Waals surface area contributed by atoms with Crippen LogP contribution in [0.5, 0.6) is 0 Å². The summed E-state index contributed by atoms with van der Waals surface area (Å²) in [5, 5.41) is 0. The number of anilines is 1. The van der Waals surface area contributed by atoms with Crippen LogP contribution >= 0.6 is 0 Å². The van der Waals surface area contributed by atoms with Crippen LogP contribution in [0.15, 0.2) is 30.5 Å². The molecule has 2 heterocycles. The maximum absolute atomic E-state index is 12.5. The van der Waals surface area contributed by atoms with Gasteiger partial charge in [-0.2, -0.15) is 0 Å². The second kappa shape index (κ2) is 4.37. The van der Waals surface area contributed by atoms with Gasteiger partial charge in [-0.05, 0) is 30.5 Å². The van der Waals surface area contributed by atoms with E-state index in [1.807, 2.05) is 6.07 Å². The summed E-state index contributed by atoms with van der Waals surface area (Å²) in [6.07, 6.45) is 1.37. The molecule has 1 unspecified atom stereocenters. The molecule has 104 valence electrons. The SMILES string of the molecule is C=C1CCC(N2Cc3ccc(N)cc3C2=O)C(=O)N1C. The normalized spacial score (nSPS) is 22.4. The van der Waals surface area contributed by atoms with Gasteiger partial charge in [0.15, 0.2) is 0 Å². The summed E-state index contributed by atoms with van der Waals surface area (Å²) >= 11 is 0. The number of allylic oxidation sites excluding steroid dienone is 1. The Morgan fingerprint density at radius 1 is 1.35 bits per heavy atom. The lowest BCUT2D eigenvalue weighted by Crippen LogP contribution is -2.50. The Morgan fingerprint density at radius 3 is 2.85 bits per heavy atom. The van der Waals surface area contributed by atoms with Crippen LogP contribution < -0.4 is 5.73 Å². The van der Waals surface area contributed by atoms with Crippen molar-refractivity contribution < 1.29 is 9.59 Å². The van der Waals surface area contributed by atoms with E-state index in [1.165, 1.54) is 0 Å². The Kier molecular flexibility index (Phi) is 2.78. The third-order valence-corrected chi connectivity index (χ3v) is 4.14. The number of rotatable bonds is 1. The highest BCUT2D eigenvalue weighted by molar-refractivity contribution is 6.02. The first-order chi connectivity index (χ1) is 9.49. The second-order valence-corrected chi connectivity index (χ2v) is 5.37. The fourth-order valence-corrected chi connectivity index (χ4v) is 2.86. The first kappa shape index (κ1) is 12.7. The standard InChI is InChI=1S/C15H17N3O2/c1-9-3-6-13(15(20)17(9)2)18-8-10-4-5-11(16)7-12(10)14(18)19/h4-5,7,13H,1,3,6,8,16H2,2H3. The van der Waals surface area contributed by atoms with Gasteiger partial charge in [-0.25, -0.2) is 0 Å². The molecule has 2 aliphatic heterocycles. The highest BCUT2D eigenvalue weighted by Gasteiger charge is 2.39. The highest BCUT2D eigenvalue weighted by Crippen LogP contribution is 2.31. The van der Waals surface area contributed by atoms with Gasteiger partial charge < -0.3 is 15.5 Å². The molecule has 2 amide bonds. The molecule has 1 saturated heterocycles. The van der Waals surface area contributed by atoms with Crippen LogP contribution in [0.1, 0.15) is 28.8 Å². The summed E-state index contributed by atoms with van der Waals surface area (Å²) in [7, 11) is 1.71. The molecule has 0 bridgehead atoms. The monoisotopic (exact) mass is 271 g/mol. The van der Waals surface area contributed by atoms with Crippen molar-refractivity contribution in [3.63, 3.8) is 0 Å². The molecular weight excluding hydrogens is 254 g/mol. The van der Waals surface area contributed by atoms with Gasteiger partial charge in [-0.1, -0.05) is 12.6 Å². The number of likely N-dealkylation sites (tertiary alicyclic amines) is 1. The number of nitrogens with zero attached hydrogens (tertiary/aromatic N) is 2. The van der Waals surface area contributed by atoms with Gasteiger partial charge in [-0.15, -0.1) is 0 Å². The zero-order chi connectivity index (χ0) is 14.4. The van der Waals surface area contributed by atoms with Gasteiger partial charge >= 0.3 is 0 Å². The third-order valence-electron chi connectivity index (χ3n) is 4.14. The molecule has 0 aliphatic carbocycles. The third kappa shape index (κ3) is 1.78. The van der Waals surface area contributed by atoms with Crippen molar-refractivity contribution in [2.75, 3.05) is 12.8 Å². The number of hydrogen-bond donors (Lipinski definition) is 1. The average molecular weight is 271 g/mol. The Bertz CT molecular complexity index is 624. The van der Waals surface area contributed by atoms with Crippen LogP contribution in [0.2, 0.25) is 0 Å². The lowest BCUT2D eigenvalue weighted by atomic mass is 10.0. The van der Waals surface area contributed by atoms with E-state index in [0.29, 0.717) is 24.2 Å². The number of hydrogen-bond acceptors (Lipinski definition) is 3. The van der Waals surface area contributed by atoms with Crippen LogP contribution in [0.25, 0.3) is 0 Å². The molecule has 0 spiro atoms. The van der Waals surface area contributed by atoms with Crippen molar-refractivity contribution in [1.29, 1.82) is 0 Å². The molecule has 5 nitrogen and oxygen atoms in total. The van der Waals surface area contributed by atoms with Crippen molar-refractivity contribution in [1.82, 2.24) is 9.80 Å². The molecule has 0 saturated carbocycles. The lowest BCUT2D eigenvalue weighted by Gasteiger charge is -2.35. The summed E-state index contributed by atoms with van der Waals surface area (Å²) < 4.78 is 0. The zero-order valence-electron chi connectivity index (χ0n) is 11.4. The van der Waals surface area contributed by atoms with Crippen molar-refractivity contribution in [2.45, 2.75) is 25.4 Å². The Morgan fingerprint density at radius 2 is 2.10 bits per heavy atom. The molecule has 5 heteroatoms. The maximum Gasteiger partial charge on any atom is 0.255 e. The maximum atomic E-state index is 12.5. The minimum atomic E-state index is -0.397. The van der Waals surface area contributed by atoms with Crippen LogP contribution in [0, 0.1) is 0 Å². The van der Waals surface area contributed by atoms with Crippen LogP contribution in [0.4, 0.5) is 5.69 Å². The summed E-state index contributed by atoms with van der Waals surface area (Å²) in [6.45, 7) is 4.34. The van der Waals surface area contributed by atoms with Crippen molar-refractivity contribution in [2.24, 2.45) is 0 Å². The summed E-state index contributed by atoms with van der Waals surface area (Å²) in [5.74, 6) is -0.165. The predicted molar refractivity (Wildman–Crippen MR) is 75.7 cm³/mol. The smallest absolute Gasteiger partial charge is 0.255 e. The number of fused-ring (bicyclic) bond motifs is 1. The van der Waals surface area contributed by atoms with Crippen LogP contribution in [0.3, 0.4) is 0 Å². The average Bonchev–Trinajstić information content (AvgIpc) is 2.74. The van der Waals surface area contributed by atoms with Crippen LogP contribution in [-0.4, -0.2) is 34.7 Å². The Labute approximate surface area is 117 Å². The molecule has 1 atom stereocenters. The molecule has 20 heavy (non-hydrogen) atoms. The number of likely N-dealkylation sites (N-methyl/N-ethyl adjacent to an activating group) is 1. The first-order valence-electron chi connectivity index (χ1n) is 6.64. The quantitative estimate of drug-likeness (QED) is 0.784. The first-order valence-corrected chi connectivity index (χ1v) is 6.64. The number of nitrogen functional groups attached to an aromatic ring is 1. The van der Waals surface area contributed by atoms with E-state index in [-0.39, 0.29) is 11.8 Å². The van der Waals surface area contributed by atoms with E-state index < -0.39 is 6.04 Å². The highest BCUT2D eigenvalue weighted by atomic mass is 16.2.